The third kappa shape index (κ3) is 3.46. The lowest BCUT2D eigenvalue weighted by Gasteiger charge is -2.30. The number of carbonyl (C=O) groups is 1. The molecule has 2 heterocycles. The summed E-state index contributed by atoms with van der Waals surface area (Å²) in [5.41, 5.74) is 2.33. The van der Waals surface area contributed by atoms with Gasteiger partial charge >= 0.3 is 5.97 Å². The van der Waals surface area contributed by atoms with Gasteiger partial charge in [-0.05, 0) is 60.2 Å². The van der Waals surface area contributed by atoms with Crippen molar-refractivity contribution in [3.8, 4) is 22.6 Å². The number of rotatable bonds is 3. The number of fused-ring (bicyclic) bond motifs is 3. The number of aromatic carboxylic acids is 1. The van der Waals surface area contributed by atoms with Crippen LogP contribution in [0.15, 0.2) is 76.0 Å². The summed E-state index contributed by atoms with van der Waals surface area (Å²) in [4.78, 5) is 28.4. The van der Waals surface area contributed by atoms with Gasteiger partial charge in [0.2, 0.25) is 0 Å². The molecule has 0 radical (unpaired) electrons. The molecule has 2 N–H and O–H groups in total. The van der Waals surface area contributed by atoms with Crippen molar-refractivity contribution >= 4 is 27.6 Å². The Morgan fingerprint density at radius 3 is 2.47 bits per heavy atom. The number of aromatic nitrogens is 3. The van der Waals surface area contributed by atoms with Crippen LogP contribution in [0.5, 0.6) is 0 Å². The number of hydrogen-bond donors (Lipinski definition) is 2. The minimum atomic E-state index is -1.02. The molecule has 158 valence electrons. The fourth-order valence-corrected chi connectivity index (χ4v) is 3.98. The van der Waals surface area contributed by atoms with Crippen LogP contribution in [0.25, 0.3) is 22.6 Å². The molecule has 7 nitrogen and oxygen atoms in total. The van der Waals surface area contributed by atoms with Gasteiger partial charge in [0.1, 0.15) is 12.0 Å². The average Bonchev–Trinajstić information content (AvgIpc) is 2.79. The van der Waals surface area contributed by atoms with E-state index in [0.717, 1.165) is 15.7 Å². The van der Waals surface area contributed by atoms with E-state index in [9.17, 15) is 19.1 Å². The van der Waals surface area contributed by atoms with Crippen LogP contribution in [-0.2, 0) is 0 Å². The number of hydrogen-bond acceptors (Lipinski definition) is 5. The SMILES string of the molecule is O=C(O)c1ccc([C@@H]2Nc3ccc(Br)cc3-c3nc(=O)c(-c4ccc(F)cc4)nn32)cc1. The zero-order chi connectivity index (χ0) is 22.4. The molecule has 4 aromatic rings. The summed E-state index contributed by atoms with van der Waals surface area (Å²) in [5.74, 6) is -1.08. The molecule has 0 amide bonds. The van der Waals surface area contributed by atoms with Gasteiger partial charge in [-0.2, -0.15) is 10.1 Å². The van der Waals surface area contributed by atoms with Crippen molar-refractivity contribution < 1.29 is 14.3 Å². The molecule has 0 unspecified atom stereocenters. The maximum absolute atomic E-state index is 13.4. The summed E-state index contributed by atoms with van der Waals surface area (Å²) >= 11 is 3.45. The molecule has 0 saturated carbocycles. The largest absolute Gasteiger partial charge is 0.478 e. The Bertz CT molecular complexity index is 1420. The summed E-state index contributed by atoms with van der Waals surface area (Å²) in [6.07, 6.45) is -0.547. The van der Waals surface area contributed by atoms with Gasteiger partial charge in [-0.1, -0.05) is 28.1 Å². The van der Waals surface area contributed by atoms with Crippen LogP contribution in [0.1, 0.15) is 22.1 Å². The van der Waals surface area contributed by atoms with Crippen molar-refractivity contribution in [3.05, 3.63) is 98.5 Å². The number of carboxylic acid groups (broad SMARTS) is 1. The average molecular weight is 493 g/mol. The Balaban J connectivity index is 1.72. The summed E-state index contributed by atoms with van der Waals surface area (Å²) in [6, 6.07) is 17.4. The molecule has 0 bridgehead atoms. The summed E-state index contributed by atoms with van der Waals surface area (Å²) in [5, 5.41) is 17.2. The molecular formula is C23H14BrFN4O3. The molecule has 9 heteroatoms. The van der Waals surface area contributed by atoms with E-state index in [1.807, 2.05) is 18.2 Å². The van der Waals surface area contributed by atoms with Crippen LogP contribution in [0.4, 0.5) is 10.1 Å². The zero-order valence-electron chi connectivity index (χ0n) is 16.3. The second-order valence-electron chi connectivity index (χ2n) is 7.20. The molecule has 0 saturated heterocycles. The summed E-state index contributed by atoms with van der Waals surface area (Å²) < 4.78 is 15.8. The van der Waals surface area contributed by atoms with Crippen LogP contribution in [-0.4, -0.2) is 25.8 Å². The van der Waals surface area contributed by atoms with Gasteiger partial charge in [0.05, 0.1) is 5.56 Å². The second kappa shape index (κ2) is 7.69. The van der Waals surface area contributed by atoms with E-state index in [-0.39, 0.29) is 11.3 Å². The highest BCUT2D eigenvalue weighted by molar-refractivity contribution is 9.10. The summed E-state index contributed by atoms with van der Waals surface area (Å²) in [7, 11) is 0. The standard InChI is InChI=1S/C23H14BrFN4O3/c24-15-7-10-18-17(11-15)21-27-22(30)19(12-5-8-16(25)9-6-12)28-29(21)20(26-18)13-1-3-14(4-2-13)23(31)32/h1-11,20,26H,(H,31,32)/t20-/m1/s1. The van der Waals surface area contributed by atoms with E-state index in [2.05, 4.69) is 31.3 Å². The van der Waals surface area contributed by atoms with Crippen molar-refractivity contribution in [2.45, 2.75) is 6.17 Å². The lowest BCUT2D eigenvalue weighted by molar-refractivity contribution is 0.0697. The number of halogens is 2. The molecular weight excluding hydrogens is 479 g/mol. The smallest absolute Gasteiger partial charge is 0.335 e. The fourth-order valence-electron chi connectivity index (χ4n) is 3.62. The molecule has 0 aliphatic carbocycles. The highest BCUT2D eigenvalue weighted by Gasteiger charge is 2.28. The third-order valence-electron chi connectivity index (χ3n) is 5.19. The van der Waals surface area contributed by atoms with Crippen molar-refractivity contribution in [1.29, 1.82) is 0 Å². The number of benzene rings is 3. The molecule has 0 fully saturated rings. The van der Waals surface area contributed by atoms with Crippen molar-refractivity contribution in [3.63, 3.8) is 0 Å². The van der Waals surface area contributed by atoms with Crippen molar-refractivity contribution in [2.75, 3.05) is 5.32 Å². The molecule has 1 aliphatic rings. The van der Waals surface area contributed by atoms with Gasteiger partial charge in [0.25, 0.3) is 5.56 Å². The van der Waals surface area contributed by atoms with E-state index < -0.39 is 23.5 Å². The van der Waals surface area contributed by atoms with E-state index in [4.69, 9.17) is 0 Å². The van der Waals surface area contributed by atoms with Gasteiger partial charge in [-0.25, -0.2) is 13.9 Å². The van der Waals surface area contributed by atoms with Crippen molar-refractivity contribution in [2.24, 2.45) is 0 Å². The van der Waals surface area contributed by atoms with Gasteiger partial charge in [0, 0.05) is 21.3 Å². The number of anilines is 1. The monoisotopic (exact) mass is 492 g/mol. The summed E-state index contributed by atoms with van der Waals surface area (Å²) in [6.45, 7) is 0. The van der Waals surface area contributed by atoms with Gasteiger partial charge in [0.15, 0.2) is 11.5 Å². The first kappa shape index (κ1) is 20.1. The predicted octanol–water partition coefficient (Wildman–Crippen LogP) is 4.54. The Hall–Kier alpha value is -3.85. The van der Waals surface area contributed by atoms with Crippen LogP contribution in [0.2, 0.25) is 0 Å². The van der Waals surface area contributed by atoms with E-state index in [1.165, 1.54) is 36.4 Å². The predicted molar refractivity (Wildman–Crippen MR) is 120 cm³/mol. The highest BCUT2D eigenvalue weighted by atomic mass is 79.9. The normalized spacial score (nSPS) is 14.2. The van der Waals surface area contributed by atoms with Crippen LogP contribution < -0.4 is 10.9 Å². The second-order valence-corrected chi connectivity index (χ2v) is 8.12. The minimum absolute atomic E-state index is 0.0844. The number of carboxylic acids is 1. The van der Waals surface area contributed by atoms with E-state index in [0.29, 0.717) is 17.0 Å². The van der Waals surface area contributed by atoms with Crippen LogP contribution in [0.3, 0.4) is 0 Å². The lowest BCUT2D eigenvalue weighted by Crippen LogP contribution is -2.32. The molecule has 0 spiro atoms. The minimum Gasteiger partial charge on any atom is -0.478 e. The molecule has 5 rings (SSSR count). The first-order valence-electron chi connectivity index (χ1n) is 9.57. The molecule has 1 aromatic heterocycles. The molecule has 1 atom stereocenters. The number of nitrogens with one attached hydrogen (secondary N) is 1. The quantitative estimate of drug-likeness (QED) is 0.435. The van der Waals surface area contributed by atoms with E-state index in [1.54, 1.807) is 16.8 Å². The van der Waals surface area contributed by atoms with Gasteiger partial charge in [-0.3, -0.25) is 4.79 Å². The Morgan fingerprint density at radius 2 is 1.78 bits per heavy atom. The maximum Gasteiger partial charge on any atom is 0.335 e. The fraction of sp³-hybridized carbons (Fsp3) is 0.0435. The van der Waals surface area contributed by atoms with Crippen molar-refractivity contribution in [1.82, 2.24) is 14.8 Å². The van der Waals surface area contributed by atoms with Crippen LogP contribution in [0, 0.1) is 5.82 Å². The molecule has 1 aliphatic heterocycles. The van der Waals surface area contributed by atoms with Gasteiger partial charge < -0.3 is 10.4 Å². The Kier molecular flexibility index (Phi) is 4.82. The highest BCUT2D eigenvalue weighted by Crippen LogP contribution is 2.38. The zero-order valence-corrected chi connectivity index (χ0v) is 17.9. The van der Waals surface area contributed by atoms with E-state index >= 15 is 0 Å². The molecule has 32 heavy (non-hydrogen) atoms. The Labute approximate surface area is 189 Å². The first-order chi connectivity index (χ1) is 15.4. The Morgan fingerprint density at radius 1 is 1.06 bits per heavy atom. The molecule has 3 aromatic carbocycles. The lowest BCUT2D eigenvalue weighted by atomic mass is 10.0. The third-order valence-corrected chi connectivity index (χ3v) is 5.68. The van der Waals surface area contributed by atoms with Gasteiger partial charge in [-0.15, -0.1) is 0 Å². The van der Waals surface area contributed by atoms with Crippen LogP contribution >= 0.6 is 15.9 Å². The number of nitrogens with zero attached hydrogens (tertiary/aromatic N) is 3. The topological polar surface area (TPSA) is 97.1 Å². The first-order valence-corrected chi connectivity index (χ1v) is 10.4. The maximum atomic E-state index is 13.4.